The summed E-state index contributed by atoms with van der Waals surface area (Å²) in [6.45, 7) is 8.82. The normalized spacial score (nSPS) is 11.3. The van der Waals surface area contributed by atoms with E-state index in [-0.39, 0.29) is 0 Å². The largest absolute Gasteiger partial charge is 0.490 e. The number of ether oxygens (including phenoxy) is 2. The van der Waals surface area contributed by atoms with Crippen molar-refractivity contribution in [3.63, 3.8) is 0 Å². The maximum Gasteiger partial charge on any atom is 0.190 e. The molecule has 2 aromatic rings. The van der Waals surface area contributed by atoms with Crippen LogP contribution >= 0.6 is 11.3 Å². The summed E-state index contributed by atoms with van der Waals surface area (Å²) in [7, 11) is 1.78. The Morgan fingerprint density at radius 3 is 2.41 bits per heavy atom. The van der Waals surface area contributed by atoms with Crippen LogP contribution in [0, 0.1) is 6.92 Å². The van der Waals surface area contributed by atoms with Gasteiger partial charge in [-0.05, 0) is 44.9 Å². The highest BCUT2D eigenvalue weighted by molar-refractivity contribution is 7.09. The second-order valence-electron chi connectivity index (χ2n) is 5.93. The molecular weight excluding hydrogens is 360 g/mol. The topological polar surface area (TPSA) is 67.8 Å². The minimum atomic E-state index is 0.622. The third-order valence-electron chi connectivity index (χ3n) is 3.88. The van der Waals surface area contributed by atoms with Crippen LogP contribution < -0.4 is 20.1 Å². The van der Waals surface area contributed by atoms with E-state index in [1.165, 1.54) is 5.56 Å². The number of aliphatic imine (C=N–C) groups is 1. The zero-order valence-corrected chi connectivity index (χ0v) is 17.5. The summed E-state index contributed by atoms with van der Waals surface area (Å²) in [6, 6.07) is 6.11. The minimum absolute atomic E-state index is 0.622. The smallest absolute Gasteiger partial charge is 0.190 e. The molecule has 0 atom stereocenters. The van der Waals surface area contributed by atoms with Gasteiger partial charge in [0.05, 0.1) is 23.9 Å². The fraction of sp³-hybridized carbons (Fsp3) is 0.500. The lowest BCUT2D eigenvalue weighted by atomic mass is 10.1. The Morgan fingerprint density at radius 1 is 1.07 bits per heavy atom. The molecule has 1 aromatic carbocycles. The number of nitrogens with one attached hydrogen (secondary N) is 2. The average Bonchev–Trinajstić information content (AvgIpc) is 3.08. The molecule has 0 aliphatic carbocycles. The molecule has 1 aromatic heterocycles. The SMILES string of the molecule is CCOc1ccc(CCNC(=NC)NCCc2csc(C)n2)cc1OCC. The second kappa shape index (κ2) is 11.4. The number of aromatic nitrogens is 1. The lowest BCUT2D eigenvalue weighted by molar-refractivity contribution is 0.287. The van der Waals surface area contributed by atoms with Crippen LogP contribution in [0.3, 0.4) is 0 Å². The van der Waals surface area contributed by atoms with Crippen molar-refractivity contribution in [1.29, 1.82) is 0 Å². The summed E-state index contributed by atoms with van der Waals surface area (Å²) in [6.07, 6.45) is 1.76. The van der Waals surface area contributed by atoms with Crippen molar-refractivity contribution in [1.82, 2.24) is 15.6 Å². The first kappa shape index (κ1) is 21.0. The van der Waals surface area contributed by atoms with E-state index in [1.54, 1.807) is 18.4 Å². The Labute approximate surface area is 166 Å². The van der Waals surface area contributed by atoms with Gasteiger partial charge in [-0.1, -0.05) is 6.07 Å². The van der Waals surface area contributed by atoms with Gasteiger partial charge in [-0.15, -0.1) is 11.3 Å². The maximum absolute atomic E-state index is 5.69. The molecule has 0 fully saturated rings. The molecule has 0 bridgehead atoms. The van der Waals surface area contributed by atoms with E-state index in [0.29, 0.717) is 13.2 Å². The van der Waals surface area contributed by atoms with E-state index in [9.17, 15) is 0 Å². The monoisotopic (exact) mass is 390 g/mol. The Bertz CT molecular complexity index is 731. The van der Waals surface area contributed by atoms with Crippen LogP contribution in [0.1, 0.15) is 30.1 Å². The van der Waals surface area contributed by atoms with Gasteiger partial charge < -0.3 is 20.1 Å². The first-order chi connectivity index (χ1) is 13.2. The summed E-state index contributed by atoms with van der Waals surface area (Å²) in [5.41, 5.74) is 2.32. The molecule has 2 N–H and O–H groups in total. The molecule has 27 heavy (non-hydrogen) atoms. The molecule has 0 unspecified atom stereocenters. The zero-order chi connectivity index (χ0) is 19.5. The first-order valence-corrected chi connectivity index (χ1v) is 10.3. The van der Waals surface area contributed by atoms with Gasteiger partial charge in [0, 0.05) is 31.9 Å². The summed E-state index contributed by atoms with van der Waals surface area (Å²) in [5.74, 6) is 2.40. The molecule has 6 nitrogen and oxygen atoms in total. The fourth-order valence-corrected chi connectivity index (χ4v) is 3.28. The number of benzene rings is 1. The van der Waals surface area contributed by atoms with Crippen LogP contribution in [-0.4, -0.2) is 44.3 Å². The molecule has 2 rings (SSSR count). The number of rotatable bonds is 10. The van der Waals surface area contributed by atoms with Crippen LogP contribution in [0.4, 0.5) is 0 Å². The number of guanidine groups is 1. The van der Waals surface area contributed by atoms with Gasteiger partial charge in [-0.3, -0.25) is 4.99 Å². The van der Waals surface area contributed by atoms with Gasteiger partial charge in [0.1, 0.15) is 0 Å². The molecule has 0 saturated heterocycles. The average molecular weight is 391 g/mol. The van der Waals surface area contributed by atoms with Crippen molar-refractivity contribution in [3.8, 4) is 11.5 Å². The molecule has 0 aliphatic rings. The van der Waals surface area contributed by atoms with E-state index in [2.05, 4.69) is 38.1 Å². The molecule has 0 spiro atoms. The van der Waals surface area contributed by atoms with Gasteiger partial charge in [-0.25, -0.2) is 4.98 Å². The quantitative estimate of drug-likeness (QED) is 0.482. The van der Waals surface area contributed by atoms with E-state index < -0.39 is 0 Å². The lowest BCUT2D eigenvalue weighted by Gasteiger charge is -2.14. The summed E-state index contributed by atoms with van der Waals surface area (Å²) < 4.78 is 11.3. The molecule has 0 aliphatic heterocycles. The predicted molar refractivity (Wildman–Crippen MR) is 112 cm³/mol. The second-order valence-corrected chi connectivity index (χ2v) is 6.99. The van der Waals surface area contributed by atoms with E-state index in [0.717, 1.165) is 54.1 Å². The Balaban J connectivity index is 1.78. The maximum atomic E-state index is 5.69. The third kappa shape index (κ3) is 7.09. The summed E-state index contributed by atoms with van der Waals surface area (Å²) in [4.78, 5) is 8.75. The third-order valence-corrected chi connectivity index (χ3v) is 4.70. The van der Waals surface area contributed by atoms with Gasteiger partial charge >= 0.3 is 0 Å². The van der Waals surface area contributed by atoms with Crippen LogP contribution in [0.25, 0.3) is 0 Å². The van der Waals surface area contributed by atoms with Crippen molar-refractivity contribution in [3.05, 3.63) is 39.8 Å². The lowest BCUT2D eigenvalue weighted by Crippen LogP contribution is -2.39. The summed E-state index contributed by atoms with van der Waals surface area (Å²) in [5, 5.41) is 9.89. The molecule has 0 amide bonds. The fourth-order valence-electron chi connectivity index (χ4n) is 2.63. The van der Waals surface area contributed by atoms with E-state index in [4.69, 9.17) is 9.47 Å². The van der Waals surface area contributed by atoms with Gasteiger partial charge in [-0.2, -0.15) is 0 Å². The molecule has 0 radical (unpaired) electrons. The van der Waals surface area contributed by atoms with E-state index >= 15 is 0 Å². The number of thiazole rings is 1. The van der Waals surface area contributed by atoms with Crippen LogP contribution in [0.15, 0.2) is 28.6 Å². The number of hydrogen-bond donors (Lipinski definition) is 2. The Hall–Kier alpha value is -2.28. The standard InChI is InChI=1S/C20H30N4O2S/c1-5-25-18-8-7-16(13-19(18)26-6-2)9-11-22-20(21-4)23-12-10-17-14-27-15(3)24-17/h7-8,13-14H,5-6,9-12H2,1-4H3,(H2,21,22,23). The van der Waals surface area contributed by atoms with Crippen molar-refractivity contribution in [2.75, 3.05) is 33.4 Å². The van der Waals surface area contributed by atoms with Crippen molar-refractivity contribution in [2.45, 2.75) is 33.6 Å². The first-order valence-electron chi connectivity index (χ1n) is 9.40. The highest BCUT2D eigenvalue weighted by Gasteiger charge is 2.06. The van der Waals surface area contributed by atoms with E-state index in [1.807, 2.05) is 26.8 Å². The van der Waals surface area contributed by atoms with Crippen molar-refractivity contribution in [2.24, 2.45) is 4.99 Å². The zero-order valence-electron chi connectivity index (χ0n) is 16.7. The molecule has 1 heterocycles. The van der Waals surface area contributed by atoms with Gasteiger partial charge in [0.2, 0.25) is 0 Å². The molecule has 7 heteroatoms. The minimum Gasteiger partial charge on any atom is -0.490 e. The number of nitrogens with zero attached hydrogens (tertiary/aromatic N) is 2. The van der Waals surface area contributed by atoms with Crippen LogP contribution in [0.2, 0.25) is 0 Å². The number of aryl methyl sites for hydroxylation is 1. The Kier molecular flexibility index (Phi) is 8.91. The van der Waals surface area contributed by atoms with Gasteiger partial charge in [0.15, 0.2) is 17.5 Å². The highest BCUT2D eigenvalue weighted by atomic mass is 32.1. The van der Waals surface area contributed by atoms with Crippen molar-refractivity contribution < 1.29 is 9.47 Å². The van der Waals surface area contributed by atoms with Crippen LogP contribution in [0.5, 0.6) is 11.5 Å². The number of hydrogen-bond acceptors (Lipinski definition) is 5. The molecular formula is C20H30N4O2S. The highest BCUT2D eigenvalue weighted by Crippen LogP contribution is 2.28. The summed E-state index contributed by atoms with van der Waals surface area (Å²) >= 11 is 1.69. The Morgan fingerprint density at radius 2 is 1.78 bits per heavy atom. The predicted octanol–water partition coefficient (Wildman–Crippen LogP) is 3.20. The van der Waals surface area contributed by atoms with Crippen molar-refractivity contribution >= 4 is 17.3 Å². The molecule has 0 saturated carbocycles. The van der Waals surface area contributed by atoms with Gasteiger partial charge in [0.25, 0.3) is 0 Å². The molecule has 148 valence electrons. The van der Waals surface area contributed by atoms with Crippen LogP contribution in [-0.2, 0) is 12.8 Å².